The Kier molecular flexibility index (Phi) is 9.89. The van der Waals surface area contributed by atoms with Gasteiger partial charge in [0, 0.05) is 30.1 Å². The number of benzene rings is 1. The Morgan fingerprint density at radius 1 is 1.06 bits per heavy atom. The second-order valence-electron chi connectivity index (χ2n) is 8.74. The minimum atomic E-state index is -3.54. The van der Waals surface area contributed by atoms with Crippen molar-refractivity contribution in [2.45, 2.75) is 42.7 Å². The van der Waals surface area contributed by atoms with E-state index in [9.17, 15) is 13.5 Å². The molecule has 192 valence electrons. The average Bonchev–Trinajstić information content (AvgIpc) is 2.76. The molecule has 3 aromatic rings. The highest BCUT2D eigenvalue weighted by Gasteiger charge is 2.26. The van der Waals surface area contributed by atoms with Crippen LogP contribution in [0, 0.1) is 0 Å². The number of pyridine rings is 2. The molecule has 35 heavy (non-hydrogen) atoms. The number of hydrogen-bond acceptors (Lipinski definition) is 7. The zero-order chi connectivity index (χ0) is 23.9. The number of aromatic nitrogens is 2. The van der Waals surface area contributed by atoms with Gasteiger partial charge in [0.15, 0.2) is 15.6 Å². The van der Waals surface area contributed by atoms with Crippen LogP contribution < -0.4 is 5.32 Å². The van der Waals surface area contributed by atoms with Crippen molar-refractivity contribution in [2.24, 2.45) is 0 Å². The van der Waals surface area contributed by atoms with E-state index < -0.39 is 9.84 Å². The van der Waals surface area contributed by atoms with Gasteiger partial charge in [-0.05, 0) is 64.0 Å². The van der Waals surface area contributed by atoms with Crippen molar-refractivity contribution < 1.29 is 13.5 Å². The lowest BCUT2D eigenvalue weighted by molar-refractivity contribution is 0.221. The van der Waals surface area contributed by atoms with Crippen molar-refractivity contribution in [1.82, 2.24) is 14.9 Å². The topological polar surface area (TPSA) is 95.4 Å². The third-order valence-corrected chi connectivity index (χ3v) is 7.85. The van der Waals surface area contributed by atoms with Gasteiger partial charge in [0.05, 0.1) is 26.9 Å². The van der Waals surface area contributed by atoms with Crippen molar-refractivity contribution in [3.05, 3.63) is 40.5 Å². The number of phenols is 1. The largest absolute Gasteiger partial charge is 0.505 e. The van der Waals surface area contributed by atoms with E-state index in [1.54, 1.807) is 24.3 Å². The Morgan fingerprint density at radius 2 is 1.66 bits per heavy atom. The molecular formula is C23H28Cl4N4O3S. The van der Waals surface area contributed by atoms with E-state index >= 15 is 0 Å². The van der Waals surface area contributed by atoms with E-state index in [1.165, 1.54) is 12.5 Å². The molecule has 0 radical (unpaired) electrons. The van der Waals surface area contributed by atoms with Gasteiger partial charge < -0.3 is 15.3 Å². The van der Waals surface area contributed by atoms with Gasteiger partial charge in [-0.1, -0.05) is 23.2 Å². The normalized spacial score (nSPS) is 18.1. The van der Waals surface area contributed by atoms with Crippen LogP contribution in [-0.2, 0) is 9.84 Å². The van der Waals surface area contributed by atoms with Crippen LogP contribution in [0.1, 0.15) is 25.7 Å². The van der Waals surface area contributed by atoms with Gasteiger partial charge in [-0.25, -0.2) is 13.4 Å². The lowest BCUT2D eigenvalue weighted by atomic mass is 9.90. The summed E-state index contributed by atoms with van der Waals surface area (Å²) in [5.74, 6) is -0.195. The van der Waals surface area contributed by atoms with Crippen molar-refractivity contribution in [2.75, 3.05) is 25.7 Å². The molecule has 0 unspecified atom stereocenters. The number of anilines is 1. The van der Waals surface area contributed by atoms with Gasteiger partial charge in [0.2, 0.25) is 0 Å². The fourth-order valence-electron chi connectivity index (χ4n) is 4.28. The Morgan fingerprint density at radius 3 is 2.20 bits per heavy atom. The summed E-state index contributed by atoms with van der Waals surface area (Å²) in [5.41, 5.74) is 2.65. The predicted octanol–water partition coefficient (Wildman–Crippen LogP) is 5.84. The molecule has 0 bridgehead atoms. The molecule has 0 spiro atoms. The minimum Gasteiger partial charge on any atom is -0.505 e. The number of aromatic hydroxyl groups is 1. The lowest BCUT2D eigenvalue weighted by Crippen LogP contribution is -2.36. The first-order valence-corrected chi connectivity index (χ1v) is 13.3. The molecule has 4 rings (SSSR count). The third-order valence-electron chi connectivity index (χ3n) is 6.17. The highest BCUT2D eigenvalue weighted by Crippen LogP contribution is 2.37. The van der Waals surface area contributed by atoms with Crippen molar-refractivity contribution in [3.8, 4) is 17.0 Å². The molecule has 1 aliphatic carbocycles. The first kappa shape index (κ1) is 29.7. The molecule has 1 fully saturated rings. The first-order valence-electron chi connectivity index (χ1n) is 10.7. The quantitative estimate of drug-likeness (QED) is 0.390. The number of hydrogen-bond donors (Lipinski definition) is 2. The Bertz CT molecular complexity index is 1290. The van der Waals surface area contributed by atoms with Crippen LogP contribution in [0.5, 0.6) is 5.75 Å². The molecule has 2 N–H and O–H groups in total. The maximum absolute atomic E-state index is 12.6. The van der Waals surface area contributed by atoms with Crippen LogP contribution in [0.25, 0.3) is 22.3 Å². The SMILES string of the molecule is CN(C)C1CCC(Nc2c(S(C)(=O)=O)cnc3ccc(-c4cc(Cl)c(O)c(Cl)c4)nc23)CC1.Cl.Cl. The maximum atomic E-state index is 12.6. The van der Waals surface area contributed by atoms with Crippen LogP contribution in [-0.4, -0.2) is 60.8 Å². The molecule has 1 aliphatic rings. The van der Waals surface area contributed by atoms with Crippen LogP contribution in [0.4, 0.5) is 5.69 Å². The summed E-state index contributed by atoms with van der Waals surface area (Å²) < 4.78 is 25.2. The Labute approximate surface area is 228 Å². The molecule has 0 atom stereocenters. The molecule has 2 heterocycles. The van der Waals surface area contributed by atoms with Gasteiger partial charge in [-0.3, -0.25) is 4.98 Å². The highest BCUT2D eigenvalue weighted by atomic mass is 35.5. The summed E-state index contributed by atoms with van der Waals surface area (Å²) in [5, 5.41) is 13.6. The molecular weight excluding hydrogens is 554 g/mol. The predicted molar refractivity (Wildman–Crippen MR) is 148 cm³/mol. The summed E-state index contributed by atoms with van der Waals surface area (Å²) in [6.45, 7) is 0. The van der Waals surface area contributed by atoms with E-state index in [2.05, 4.69) is 29.3 Å². The summed E-state index contributed by atoms with van der Waals surface area (Å²) in [7, 11) is 0.629. The molecule has 0 aliphatic heterocycles. The van der Waals surface area contributed by atoms with Crippen molar-refractivity contribution in [1.29, 1.82) is 0 Å². The standard InChI is InChI=1S/C23H26Cl2N4O3S.2ClH/c1-29(2)15-6-4-14(5-7-15)27-22-20(33(3,31)32)12-26-19-9-8-18(28-21(19)22)13-10-16(24)23(30)17(25)11-13;;/h8-12,14-15,30H,4-7H2,1-3H3,(H,26,27);2*1H. The van der Waals surface area contributed by atoms with E-state index in [0.29, 0.717) is 34.0 Å². The Hall–Kier alpha value is -1.55. The fourth-order valence-corrected chi connectivity index (χ4v) is 5.54. The van der Waals surface area contributed by atoms with Crippen molar-refractivity contribution in [3.63, 3.8) is 0 Å². The number of nitrogens with one attached hydrogen (secondary N) is 1. The van der Waals surface area contributed by atoms with Crippen molar-refractivity contribution >= 4 is 74.6 Å². The summed E-state index contributed by atoms with van der Waals surface area (Å²) in [4.78, 5) is 11.4. The van der Waals surface area contributed by atoms with Gasteiger partial charge in [-0.2, -0.15) is 0 Å². The van der Waals surface area contributed by atoms with Gasteiger partial charge >= 0.3 is 0 Å². The van der Waals surface area contributed by atoms with Crippen LogP contribution >= 0.6 is 48.0 Å². The number of phenolic OH excluding ortho intramolecular Hbond substituents is 1. The molecule has 1 aromatic carbocycles. The van der Waals surface area contributed by atoms with E-state index in [-0.39, 0.29) is 51.5 Å². The number of fused-ring (bicyclic) bond motifs is 1. The summed E-state index contributed by atoms with van der Waals surface area (Å²) in [6.07, 6.45) is 6.49. The molecule has 2 aromatic heterocycles. The van der Waals surface area contributed by atoms with E-state index in [1.807, 2.05) is 0 Å². The van der Waals surface area contributed by atoms with Gasteiger partial charge in [0.25, 0.3) is 0 Å². The first-order chi connectivity index (χ1) is 15.5. The molecule has 12 heteroatoms. The summed E-state index contributed by atoms with van der Waals surface area (Å²) in [6, 6.07) is 7.35. The lowest BCUT2D eigenvalue weighted by Gasteiger charge is -2.33. The molecule has 7 nitrogen and oxygen atoms in total. The number of sulfone groups is 1. The third kappa shape index (κ3) is 6.42. The maximum Gasteiger partial charge on any atom is 0.179 e. The number of nitrogens with zero attached hydrogens (tertiary/aromatic N) is 3. The minimum absolute atomic E-state index is 0. The molecule has 0 amide bonds. The highest BCUT2D eigenvalue weighted by molar-refractivity contribution is 7.90. The smallest absolute Gasteiger partial charge is 0.179 e. The van der Waals surface area contributed by atoms with Gasteiger partial charge in [-0.15, -0.1) is 24.8 Å². The zero-order valence-electron chi connectivity index (χ0n) is 19.5. The molecule has 0 saturated heterocycles. The van der Waals surface area contributed by atoms with E-state index in [0.717, 1.165) is 25.7 Å². The monoisotopic (exact) mass is 580 g/mol. The zero-order valence-corrected chi connectivity index (χ0v) is 23.4. The van der Waals surface area contributed by atoms with Crippen LogP contribution in [0.2, 0.25) is 10.0 Å². The number of halogens is 4. The fraction of sp³-hybridized carbons (Fsp3) is 0.391. The number of rotatable bonds is 5. The summed E-state index contributed by atoms with van der Waals surface area (Å²) >= 11 is 12.2. The van der Waals surface area contributed by atoms with Gasteiger partial charge in [0.1, 0.15) is 10.4 Å². The second kappa shape index (κ2) is 11.7. The molecule has 1 saturated carbocycles. The average molecular weight is 582 g/mol. The van der Waals surface area contributed by atoms with Crippen LogP contribution in [0.15, 0.2) is 35.4 Å². The second-order valence-corrected chi connectivity index (χ2v) is 11.5. The van der Waals surface area contributed by atoms with E-state index in [4.69, 9.17) is 28.2 Å². The van der Waals surface area contributed by atoms with Crippen LogP contribution in [0.3, 0.4) is 0 Å². The Balaban J connectivity index is 0.00000216.